The highest BCUT2D eigenvalue weighted by Gasteiger charge is 2.25. The smallest absolute Gasteiger partial charge is 0.331 e. The average Bonchev–Trinajstić information content (AvgIpc) is 2.62. The SMILES string of the molecule is C#CCC[C@H](N=C(c1ccccc1)c1ccccc1)C(=O)OC(C)(C)C. The quantitative estimate of drug-likeness (QED) is 0.433. The molecule has 0 saturated heterocycles. The number of esters is 1. The van der Waals surface area contributed by atoms with Gasteiger partial charge in [-0.1, -0.05) is 60.7 Å². The first-order valence-corrected chi connectivity index (χ1v) is 8.75. The molecule has 0 unspecified atom stereocenters. The molecule has 3 nitrogen and oxygen atoms in total. The molecule has 0 saturated carbocycles. The third-order valence-electron chi connectivity index (χ3n) is 3.62. The van der Waals surface area contributed by atoms with E-state index in [4.69, 9.17) is 16.2 Å². The van der Waals surface area contributed by atoms with Gasteiger partial charge in [-0.25, -0.2) is 4.79 Å². The van der Waals surface area contributed by atoms with Gasteiger partial charge in [0, 0.05) is 17.5 Å². The van der Waals surface area contributed by atoms with Gasteiger partial charge in [-0.3, -0.25) is 4.99 Å². The minimum atomic E-state index is -0.638. The molecule has 0 aliphatic rings. The highest BCUT2D eigenvalue weighted by atomic mass is 16.6. The van der Waals surface area contributed by atoms with Gasteiger partial charge in [0.05, 0.1) is 5.71 Å². The molecule has 0 fully saturated rings. The maximum absolute atomic E-state index is 12.7. The predicted molar refractivity (Wildman–Crippen MR) is 106 cm³/mol. The first kappa shape index (κ1) is 19.5. The van der Waals surface area contributed by atoms with Crippen molar-refractivity contribution in [1.29, 1.82) is 0 Å². The van der Waals surface area contributed by atoms with Crippen molar-refractivity contribution < 1.29 is 9.53 Å². The van der Waals surface area contributed by atoms with Crippen LogP contribution >= 0.6 is 0 Å². The minimum Gasteiger partial charge on any atom is -0.458 e. The largest absolute Gasteiger partial charge is 0.458 e. The molecule has 0 bridgehead atoms. The van der Waals surface area contributed by atoms with Gasteiger partial charge in [0.15, 0.2) is 0 Å². The van der Waals surface area contributed by atoms with Crippen molar-refractivity contribution in [2.45, 2.75) is 45.3 Å². The summed E-state index contributed by atoms with van der Waals surface area (Å²) in [5, 5.41) is 0. The number of carbonyl (C=O) groups excluding carboxylic acids is 1. The molecule has 0 spiro atoms. The second-order valence-corrected chi connectivity index (χ2v) is 7.00. The van der Waals surface area contributed by atoms with Crippen molar-refractivity contribution in [3.8, 4) is 12.3 Å². The van der Waals surface area contributed by atoms with Crippen LogP contribution in [0.2, 0.25) is 0 Å². The number of ether oxygens (including phenoxy) is 1. The highest BCUT2D eigenvalue weighted by molar-refractivity contribution is 6.13. The van der Waals surface area contributed by atoms with Gasteiger partial charge in [0.25, 0.3) is 0 Å². The summed E-state index contributed by atoms with van der Waals surface area (Å²) in [5.74, 6) is 2.24. The summed E-state index contributed by atoms with van der Waals surface area (Å²) < 4.78 is 5.55. The van der Waals surface area contributed by atoms with Crippen molar-refractivity contribution in [3.63, 3.8) is 0 Å². The molecule has 2 aromatic carbocycles. The monoisotopic (exact) mass is 347 g/mol. The van der Waals surface area contributed by atoms with E-state index < -0.39 is 11.6 Å². The van der Waals surface area contributed by atoms with Crippen molar-refractivity contribution in [3.05, 3.63) is 71.8 Å². The summed E-state index contributed by atoms with van der Waals surface area (Å²) in [7, 11) is 0. The van der Waals surface area contributed by atoms with Gasteiger partial charge in [-0.2, -0.15) is 0 Å². The zero-order valence-corrected chi connectivity index (χ0v) is 15.6. The summed E-state index contributed by atoms with van der Waals surface area (Å²) in [6.07, 6.45) is 6.32. The van der Waals surface area contributed by atoms with E-state index in [2.05, 4.69) is 5.92 Å². The fourth-order valence-electron chi connectivity index (χ4n) is 2.49. The molecule has 0 amide bonds. The lowest BCUT2D eigenvalue weighted by Gasteiger charge is -2.22. The Labute approximate surface area is 156 Å². The number of benzene rings is 2. The lowest BCUT2D eigenvalue weighted by atomic mass is 10.0. The van der Waals surface area contributed by atoms with E-state index in [9.17, 15) is 4.79 Å². The lowest BCUT2D eigenvalue weighted by molar-refractivity contribution is -0.156. The van der Waals surface area contributed by atoms with E-state index in [0.717, 1.165) is 16.8 Å². The van der Waals surface area contributed by atoms with E-state index in [0.29, 0.717) is 12.8 Å². The minimum absolute atomic E-state index is 0.350. The summed E-state index contributed by atoms with van der Waals surface area (Å²) in [5.41, 5.74) is 2.10. The molecule has 0 aliphatic heterocycles. The first-order valence-electron chi connectivity index (χ1n) is 8.75. The standard InChI is InChI=1S/C23H25NO2/c1-5-6-17-20(22(25)26-23(2,3)4)24-21(18-13-9-7-10-14-18)19-15-11-8-12-16-19/h1,7-16,20H,6,17H2,2-4H3/t20-/m0/s1. The number of nitrogens with zero attached hydrogens (tertiary/aromatic N) is 1. The van der Waals surface area contributed by atoms with Crippen LogP contribution in [0, 0.1) is 12.3 Å². The van der Waals surface area contributed by atoms with Gasteiger partial charge >= 0.3 is 5.97 Å². The van der Waals surface area contributed by atoms with Gasteiger partial charge in [0.2, 0.25) is 0 Å². The number of hydrogen-bond acceptors (Lipinski definition) is 3. The van der Waals surface area contributed by atoms with Crippen LogP contribution in [0.4, 0.5) is 0 Å². The van der Waals surface area contributed by atoms with Gasteiger partial charge in [-0.05, 0) is 27.2 Å². The number of hydrogen-bond donors (Lipinski definition) is 0. The Morgan fingerprint density at radius 1 is 1.04 bits per heavy atom. The fourth-order valence-corrected chi connectivity index (χ4v) is 2.49. The van der Waals surface area contributed by atoms with E-state index in [1.54, 1.807) is 0 Å². The Bertz CT molecular complexity index is 739. The third-order valence-corrected chi connectivity index (χ3v) is 3.62. The molecule has 0 radical (unpaired) electrons. The molecule has 2 rings (SSSR count). The fraction of sp³-hybridized carbons (Fsp3) is 0.304. The molecule has 0 aromatic heterocycles. The zero-order valence-electron chi connectivity index (χ0n) is 15.6. The Morgan fingerprint density at radius 2 is 1.54 bits per heavy atom. The molecule has 3 heteroatoms. The maximum atomic E-state index is 12.7. The van der Waals surface area contributed by atoms with Crippen LogP contribution in [0.15, 0.2) is 65.7 Å². The molecule has 0 aliphatic carbocycles. The summed E-state index contributed by atoms with van der Waals surface area (Å²) in [6.45, 7) is 5.55. The van der Waals surface area contributed by atoms with Crippen molar-refractivity contribution in [1.82, 2.24) is 0 Å². The average molecular weight is 347 g/mol. The topological polar surface area (TPSA) is 38.7 Å². The Hall–Kier alpha value is -2.86. The molecular weight excluding hydrogens is 322 g/mol. The van der Waals surface area contributed by atoms with Crippen LogP contribution < -0.4 is 0 Å². The van der Waals surface area contributed by atoms with Crippen molar-refractivity contribution in [2.24, 2.45) is 4.99 Å². The number of terminal acetylenes is 1. The first-order chi connectivity index (χ1) is 12.4. The Balaban J connectivity index is 2.46. The lowest BCUT2D eigenvalue weighted by Crippen LogP contribution is -2.31. The molecular formula is C23H25NO2. The molecule has 26 heavy (non-hydrogen) atoms. The highest BCUT2D eigenvalue weighted by Crippen LogP contribution is 2.17. The summed E-state index contributed by atoms with van der Waals surface area (Å²) in [6, 6.07) is 19.0. The normalized spacial score (nSPS) is 11.9. The number of aliphatic imine (C=N–C) groups is 1. The maximum Gasteiger partial charge on any atom is 0.331 e. The molecule has 1 atom stereocenters. The van der Waals surface area contributed by atoms with Crippen LogP contribution in [-0.2, 0) is 9.53 Å². The molecule has 2 aromatic rings. The predicted octanol–water partition coefficient (Wildman–Crippen LogP) is 4.65. The Kier molecular flexibility index (Phi) is 6.74. The van der Waals surface area contributed by atoms with Gasteiger partial charge in [-0.15, -0.1) is 12.3 Å². The van der Waals surface area contributed by atoms with Crippen LogP contribution in [0.25, 0.3) is 0 Å². The van der Waals surface area contributed by atoms with E-state index >= 15 is 0 Å². The molecule has 134 valence electrons. The van der Waals surface area contributed by atoms with E-state index in [-0.39, 0.29) is 5.97 Å². The number of rotatable bonds is 6. The summed E-state index contributed by atoms with van der Waals surface area (Å²) >= 11 is 0. The molecule has 0 N–H and O–H groups in total. The number of carbonyl (C=O) groups is 1. The Morgan fingerprint density at radius 3 is 1.96 bits per heavy atom. The van der Waals surface area contributed by atoms with Crippen LogP contribution in [0.1, 0.15) is 44.7 Å². The second kappa shape index (κ2) is 9.01. The van der Waals surface area contributed by atoms with Gasteiger partial charge in [0.1, 0.15) is 11.6 Å². The van der Waals surface area contributed by atoms with E-state index in [1.165, 1.54) is 0 Å². The zero-order chi connectivity index (χ0) is 19.0. The van der Waals surface area contributed by atoms with Crippen LogP contribution in [0.5, 0.6) is 0 Å². The molecule has 0 heterocycles. The van der Waals surface area contributed by atoms with Crippen LogP contribution in [-0.4, -0.2) is 23.3 Å². The third kappa shape index (κ3) is 5.89. The van der Waals surface area contributed by atoms with Crippen molar-refractivity contribution >= 4 is 11.7 Å². The van der Waals surface area contributed by atoms with Crippen molar-refractivity contribution in [2.75, 3.05) is 0 Å². The van der Waals surface area contributed by atoms with E-state index in [1.807, 2.05) is 81.4 Å². The summed E-state index contributed by atoms with van der Waals surface area (Å²) in [4.78, 5) is 17.4. The van der Waals surface area contributed by atoms with Gasteiger partial charge < -0.3 is 4.74 Å². The second-order valence-electron chi connectivity index (χ2n) is 7.00. The van der Waals surface area contributed by atoms with Crippen LogP contribution in [0.3, 0.4) is 0 Å².